The molecule has 0 radical (unpaired) electrons. The summed E-state index contributed by atoms with van der Waals surface area (Å²) >= 11 is 0. The predicted octanol–water partition coefficient (Wildman–Crippen LogP) is 19.4. The van der Waals surface area contributed by atoms with Crippen molar-refractivity contribution in [3.63, 3.8) is 0 Å². The van der Waals surface area contributed by atoms with Gasteiger partial charge in [-0.2, -0.15) is 0 Å². The molecule has 92 heavy (non-hydrogen) atoms. The van der Waals surface area contributed by atoms with Gasteiger partial charge in [0.25, 0.3) is 6.71 Å². The van der Waals surface area contributed by atoms with Crippen LogP contribution < -0.4 is 50.0 Å². The zero-order valence-electron chi connectivity index (χ0n) is 54.4. The predicted molar refractivity (Wildman–Crippen MR) is 378 cm³/mol. The van der Waals surface area contributed by atoms with Crippen LogP contribution in [0.3, 0.4) is 0 Å². The maximum atomic E-state index is 6.64. The highest BCUT2D eigenvalue weighted by molar-refractivity contribution is 7.00. The second-order valence-electron chi connectivity index (χ2n) is 30.2. The minimum absolute atomic E-state index is 0.0297. The van der Waals surface area contributed by atoms with Crippen LogP contribution in [0.4, 0.5) is 51.2 Å². The summed E-state index contributed by atoms with van der Waals surface area (Å²) in [5, 5.41) is 3.35. The molecule has 0 amide bonds. The molecule has 18 rings (SSSR count). The van der Waals surface area contributed by atoms with E-state index in [9.17, 15) is 0 Å². The molecule has 9 heteroatoms. The van der Waals surface area contributed by atoms with Gasteiger partial charge in [-0.05, 0) is 210 Å². The Morgan fingerprint density at radius 1 is 0.370 bits per heavy atom. The molecule has 10 aromatic carbocycles. The smallest absolute Gasteiger partial charge is 0.252 e. The molecule has 7 aliphatic rings. The van der Waals surface area contributed by atoms with Crippen molar-refractivity contribution in [2.24, 2.45) is 0 Å². The van der Waals surface area contributed by atoms with Crippen molar-refractivity contribution >= 4 is 96.0 Å². The maximum absolute atomic E-state index is 6.64. The van der Waals surface area contributed by atoms with E-state index in [2.05, 4.69) is 254 Å². The number of anilines is 9. The molecular formula is C83H76BN3O5. The molecule has 0 unspecified atom stereocenters. The van der Waals surface area contributed by atoms with Gasteiger partial charge in [-0.1, -0.05) is 148 Å². The van der Waals surface area contributed by atoms with Gasteiger partial charge >= 0.3 is 0 Å². The molecule has 0 bridgehead atoms. The molecule has 0 N–H and O–H groups in total. The molecule has 0 spiro atoms. The monoisotopic (exact) mass is 1210 g/mol. The van der Waals surface area contributed by atoms with E-state index in [4.69, 9.17) is 23.4 Å². The van der Waals surface area contributed by atoms with Gasteiger partial charge in [0.1, 0.15) is 37.8 Å². The first kappa shape index (κ1) is 55.5. The highest BCUT2D eigenvalue weighted by Gasteiger charge is 2.49. The average Bonchev–Trinajstić information content (AvgIpc) is 0.808. The minimum Gasteiger partial charge on any atom is -0.486 e. The second-order valence-corrected chi connectivity index (χ2v) is 30.2. The first-order valence-electron chi connectivity index (χ1n) is 33.3. The molecule has 5 heterocycles. The standard InChI is InChI=1S/C83H76BN3O5/c1-79(2)29-30-80(3,4)63-41-55(24-27-61(63)79)86-68-46-65-64(81(5,6)31-32-82(65,7)8)45-66(68)84-67-47-76-77(91-36-35-90-76)48-69(67)87(56-25-28-73-75(44-56)89-34-33-88-73)71-43-57(42-70(86)78(71)84)85(54-23-26-59-58-16-12-13-17-60(58)83(9,10)62(59)40-54)53-22-21-49-37-52(20-19-50(49)38-53)74-39-51-15-11-14-18-72(51)92-74/h11-28,37-48H,29-36H2,1-10H3. The highest BCUT2D eigenvalue weighted by Crippen LogP contribution is 2.57. The first-order chi connectivity index (χ1) is 44.3. The molecule has 8 nitrogen and oxygen atoms in total. The molecule has 11 aromatic rings. The van der Waals surface area contributed by atoms with Crippen LogP contribution in [-0.2, 0) is 27.1 Å². The Morgan fingerprint density at radius 3 is 1.66 bits per heavy atom. The molecule has 0 fully saturated rings. The summed E-state index contributed by atoms with van der Waals surface area (Å²) in [7, 11) is 0. The summed E-state index contributed by atoms with van der Waals surface area (Å²) in [4.78, 5) is 7.69. The van der Waals surface area contributed by atoms with Crippen molar-refractivity contribution in [1.82, 2.24) is 0 Å². The van der Waals surface area contributed by atoms with Gasteiger partial charge in [-0.15, -0.1) is 0 Å². The van der Waals surface area contributed by atoms with Crippen molar-refractivity contribution in [2.75, 3.05) is 41.1 Å². The van der Waals surface area contributed by atoms with Gasteiger partial charge in [0.2, 0.25) is 0 Å². The fourth-order valence-electron chi connectivity index (χ4n) is 17.1. The Labute approximate surface area is 540 Å². The highest BCUT2D eigenvalue weighted by atomic mass is 16.6. The van der Waals surface area contributed by atoms with Gasteiger partial charge in [0.15, 0.2) is 23.0 Å². The van der Waals surface area contributed by atoms with E-state index in [-0.39, 0.29) is 33.8 Å². The van der Waals surface area contributed by atoms with E-state index in [0.717, 1.165) is 127 Å². The number of fused-ring (bicyclic) bond motifs is 13. The van der Waals surface area contributed by atoms with Crippen molar-refractivity contribution in [3.8, 4) is 45.4 Å². The molecule has 0 saturated carbocycles. The van der Waals surface area contributed by atoms with Crippen LogP contribution in [0.5, 0.6) is 23.0 Å². The van der Waals surface area contributed by atoms with E-state index in [1.165, 1.54) is 66.6 Å². The van der Waals surface area contributed by atoms with Crippen molar-refractivity contribution < 1.29 is 23.4 Å². The van der Waals surface area contributed by atoms with Crippen molar-refractivity contribution in [1.29, 1.82) is 0 Å². The second kappa shape index (κ2) is 19.4. The number of hydrogen-bond donors (Lipinski definition) is 0. The molecule has 0 saturated heterocycles. The zero-order chi connectivity index (χ0) is 62.5. The zero-order valence-corrected chi connectivity index (χ0v) is 54.4. The van der Waals surface area contributed by atoms with Crippen LogP contribution in [0.1, 0.15) is 128 Å². The van der Waals surface area contributed by atoms with Gasteiger partial charge in [0, 0.05) is 68.3 Å². The molecule has 4 aliphatic heterocycles. The summed E-state index contributed by atoms with van der Waals surface area (Å²) < 4.78 is 32.5. The van der Waals surface area contributed by atoms with Crippen molar-refractivity contribution in [3.05, 3.63) is 215 Å². The summed E-state index contributed by atoms with van der Waals surface area (Å²) in [5.41, 5.74) is 25.9. The number of hydrogen-bond acceptors (Lipinski definition) is 8. The van der Waals surface area contributed by atoms with E-state index in [0.29, 0.717) is 26.4 Å². The Morgan fingerprint density at radius 2 is 0.924 bits per heavy atom. The molecule has 3 aliphatic carbocycles. The average molecular weight is 1210 g/mol. The van der Waals surface area contributed by atoms with E-state index in [1.807, 2.05) is 12.1 Å². The summed E-state index contributed by atoms with van der Waals surface area (Å²) in [6, 6.07) is 69.1. The third-order valence-corrected chi connectivity index (χ3v) is 22.4. The van der Waals surface area contributed by atoms with Crippen LogP contribution in [0.25, 0.3) is 44.2 Å². The summed E-state index contributed by atoms with van der Waals surface area (Å²) in [6.07, 6.45) is 4.45. The first-order valence-corrected chi connectivity index (χ1v) is 33.3. The molecule has 0 atom stereocenters. The largest absolute Gasteiger partial charge is 0.486 e. The van der Waals surface area contributed by atoms with E-state index < -0.39 is 0 Å². The van der Waals surface area contributed by atoms with E-state index in [1.54, 1.807) is 0 Å². The number of furan rings is 1. The minimum atomic E-state index is -0.250. The summed E-state index contributed by atoms with van der Waals surface area (Å²) in [5.74, 6) is 3.85. The van der Waals surface area contributed by atoms with Crippen LogP contribution in [-0.4, -0.2) is 33.1 Å². The fraction of sp³-hybridized carbons (Fsp3) is 0.277. The number of nitrogens with zero attached hydrogens (tertiary/aromatic N) is 3. The lowest BCUT2D eigenvalue weighted by Crippen LogP contribution is -2.62. The van der Waals surface area contributed by atoms with Crippen LogP contribution in [0, 0.1) is 0 Å². The lowest BCUT2D eigenvalue weighted by atomic mass is 9.33. The Balaban J connectivity index is 0.950. The Hall–Kier alpha value is -9.34. The normalized spacial score (nSPS) is 18.3. The number of ether oxygens (including phenoxy) is 4. The van der Waals surface area contributed by atoms with Crippen LogP contribution in [0.15, 0.2) is 186 Å². The molecule has 1 aromatic heterocycles. The van der Waals surface area contributed by atoms with Gasteiger partial charge < -0.3 is 38.1 Å². The van der Waals surface area contributed by atoms with Gasteiger partial charge in [0.05, 0.1) is 11.4 Å². The third kappa shape index (κ3) is 8.21. The van der Waals surface area contributed by atoms with Crippen LogP contribution in [0.2, 0.25) is 0 Å². The lowest BCUT2D eigenvalue weighted by Gasteiger charge is -2.48. The van der Waals surface area contributed by atoms with Gasteiger partial charge in [-0.3, -0.25) is 0 Å². The van der Waals surface area contributed by atoms with Crippen LogP contribution >= 0.6 is 0 Å². The van der Waals surface area contributed by atoms with Crippen molar-refractivity contribution in [2.45, 2.75) is 122 Å². The van der Waals surface area contributed by atoms with E-state index >= 15 is 0 Å². The Bertz CT molecular complexity index is 4960. The molecular weight excluding hydrogens is 1130 g/mol. The topological polar surface area (TPSA) is 59.8 Å². The lowest BCUT2D eigenvalue weighted by molar-refractivity contribution is 0.171. The summed E-state index contributed by atoms with van der Waals surface area (Å²) in [6.45, 7) is 26.2. The quantitative estimate of drug-likeness (QED) is 0.153. The fourth-order valence-corrected chi connectivity index (χ4v) is 17.1. The number of benzene rings is 10. The maximum Gasteiger partial charge on any atom is 0.252 e. The Kier molecular flexibility index (Phi) is 11.7. The SMILES string of the molecule is CC1(C)CCC(C)(C)c2cc(N3c4cc5c(cc4B4c6cc7c(cc6N(c6ccc8c(c6)OCCO8)c6cc(N(c8ccc9c(c8)C(C)(C)c8ccccc8-9)c8ccc9cc(-c%10cc%11ccccc%11o%10)ccc9c8)cc3c64)OCCO7)C(C)(C)CCC5(C)C)ccc21. The number of rotatable bonds is 6. The number of para-hydroxylation sites is 1. The van der Waals surface area contributed by atoms with Gasteiger partial charge in [-0.25, -0.2) is 0 Å². The third-order valence-electron chi connectivity index (χ3n) is 22.4. The molecule has 456 valence electrons.